The summed E-state index contributed by atoms with van der Waals surface area (Å²) < 4.78 is 57.3. The third-order valence-corrected chi connectivity index (χ3v) is 4.84. The van der Waals surface area contributed by atoms with Crippen LogP contribution in [0.25, 0.3) is 0 Å². The molecule has 0 aliphatic heterocycles. The summed E-state index contributed by atoms with van der Waals surface area (Å²) in [6.07, 6.45) is -4.48. The van der Waals surface area contributed by atoms with Gasteiger partial charge in [0.15, 0.2) is 6.61 Å². The van der Waals surface area contributed by atoms with Crippen molar-refractivity contribution < 1.29 is 27.1 Å². The summed E-state index contributed by atoms with van der Waals surface area (Å²) in [5.41, 5.74) is 1.85. The smallest absolute Gasteiger partial charge is 0.422 e. The van der Waals surface area contributed by atoms with Crippen LogP contribution >= 0.6 is 11.6 Å². The number of nitrogens with zero attached hydrogens (tertiary/aromatic N) is 2. The molecule has 0 radical (unpaired) electrons. The first-order valence-corrected chi connectivity index (χ1v) is 9.51. The van der Waals surface area contributed by atoms with Crippen LogP contribution in [0.15, 0.2) is 42.5 Å². The number of halogens is 5. The zero-order valence-electron chi connectivity index (χ0n) is 16.6. The van der Waals surface area contributed by atoms with Gasteiger partial charge in [0.1, 0.15) is 11.6 Å². The zero-order valence-corrected chi connectivity index (χ0v) is 17.3. The van der Waals surface area contributed by atoms with Gasteiger partial charge >= 0.3 is 6.18 Å². The molecule has 1 N–H and O–H groups in total. The lowest BCUT2D eigenvalue weighted by atomic mass is 10.2. The van der Waals surface area contributed by atoms with Crippen LogP contribution in [-0.4, -0.2) is 28.5 Å². The van der Waals surface area contributed by atoms with E-state index in [4.69, 9.17) is 11.6 Å². The second kappa shape index (κ2) is 8.97. The molecule has 0 bridgehead atoms. The van der Waals surface area contributed by atoms with E-state index in [2.05, 4.69) is 15.2 Å². The average Bonchev–Trinajstić information content (AvgIpc) is 2.96. The average molecular weight is 456 g/mol. The minimum atomic E-state index is -4.48. The molecule has 0 spiro atoms. The predicted octanol–water partition coefficient (Wildman–Crippen LogP) is 5.53. The molecule has 1 heterocycles. The number of hydrogen-bond acceptors (Lipinski definition) is 3. The molecule has 3 aromatic rings. The van der Waals surface area contributed by atoms with Crippen LogP contribution in [-0.2, 0) is 6.54 Å². The highest BCUT2D eigenvalue weighted by Gasteiger charge is 2.28. The van der Waals surface area contributed by atoms with E-state index in [9.17, 15) is 22.4 Å². The molecule has 5 nitrogen and oxygen atoms in total. The lowest BCUT2D eigenvalue weighted by Gasteiger charge is -2.11. The highest BCUT2D eigenvalue weighted by Crippen LogP contribution is 2.25. The molecule has 0 aliphatic rings. The largest absolute Gasteiger partial charge is 0.484 e. The molecule has 31 heavy (non-hydrogen) atoms. The molecule has 0 aliphatic carbocycles. The van der Waals surface area contributed by atoms with E-state index in [0.29, 0.717) is 17.1 Å². The maximum Gasteiger partial charge on any atom is 0.422 e. The number of aryl methyl sites for hydroxylation is 1. The van der Waals surface area contributed by atoms with Crippen LogP contribution in [0.5, 0.6) is 5.75 Å². The van der Waals surface area contributed by atoms with Gasteiger partial charge in [0.05, 0.1) is 23.6 Å². The van der Waals surface area contributed by atoms with E-state index in [0.717, 1.165) is 0 Å². The lowest BCUT2D eigenvalue weighted by molar-refractivity contribution is -0.153. The number of carbonyl (C=O) groups is 1. The minimum Gasteiger partial charge on any atom is -0.484 e. The second-order valence-corrected chi connectivity index (χ2v) is 7.20. The summed E-state index contributed by atoms with van der Waals surface area (Å²) in [5.74, 6) is -1.10. The molecule has 0 fully saturated rings. The summed E-state index contributed by atoms with van der Waals surface area (Å²) in [6.45, 7) is 1.98. The summed E-state index contributed by atoms with van der Waals surface area (Å²) in [4.78, 5) is 12.6. The molecular weight excluding hydrogens is 438 g/mol. The van der Waals surface area contributed by atoms with Crippen molar-refractivity contribution in [1.82, 2.24) is 9.78 Å². The van der Waals surface area contributed by atoms with Crippen LogP contribution in [0, 0.1) is 19.7 Å². The van der Waals surface area contributed by atoms with Crippen molar-refractivity contribution in [2.75, 3.05) is 11.9 Å². The Kier molecular flexibility index (Phi) is 6.54. The number of carbonyl (C=O) groups excluding carboxylic acids is 1. The monoisotopic (exact) mass is 455 g/mol. The Balaban J connectivity index is 1.78. The Morgan fingerprint density at radius 2 is 1.90 bits per heavy atom. The fourth-order valence-electron chi connectivity index (χ4n) is 2.94. The number of ether oxygens (including phenoxy) is 1. The molecule has 164 valence electrons. The van der Waals surface area contributed by atoms with Crippen LogP contribution in [0.2, 0.25) is 5.02 Å². The topological polar surface area (TPSA) is 56.2 Å². The third kappa shape index (κ3) is 5.55. The van der Waals surface area contributed by atoms with E-state index >= 15 is 0 Å². The first-order chi connectivity index (χ1) is 14.5. The molecule has 0 unspecified atom stereocenters. The number of nitrogens with one attached hydrogen (secondary N) is 1. The molecule has 3 rings (SSSR count). The molecule has 1 aromatic heterocycles. The molecule has 1 amide bonds. The Labute approximate surface area is 180 Å². The van der Waals surface area contributed by atoms with E-state index < -0.39 is 24.5 Å². The Morgan fingerprint density at radius 1 is 1.19 bits per heavy atom. The van der Waals surface area contributed by atoms with Gasteiger partial charge in [-0.25, -0.2) is 4.39 Å². The van der Waals surface area contributed by atoms with Crippen molar-refractivity contribution >= 4 is 23.2 Å². The van der Waals surface area contributed by atoms with Crippen LogP contribution in [0.1, 0.15) is 27.3 Å². The third-order valence-electron chi connectivity index (χ3n) is 4.49. The normalized spacial score (nSPS) is 11.5. The molecule has 0 saturated heterocycles. The maximum atomic E-state index is 14.1. The second-order valence-electron chi connectivity index (χ2n) is 6.79. The number of benzene rings is 2. The first-order valence-electron chi connectivity index (χ1n) is 9.13. The van der Waals surface area contributed by atoms with Crippen molar-refractivity contribution in [1.29, 1.82) is 0 Å². The first kappa shape index (κ1) is 22.6. The molecule has 0 atom stereocenters. The maximum absolute atomic E-state index is 14.1. The van der Waals surface area contributed by atoms with Gasteiger partial charge < -0.3 is 10.1 Å². The molecule has 10 heteroatoms. The van der Waals surface area contributed by atoms with Gasteiger partial charge in [-0.15, -0.1) is 0 Å². The van der Waals surface area contributed by atoms with Crippen molar-refractivity contribution in [2.24, 2.45) is 0 Å². The number of anilines is 1. The Bertz CT molecular complexity index is 1090. The number of hydrogen-bond donors (Lipinski definition) is 1. The Morgan fingerprint density at radius 3 is 2.58 bits per heavy atom. The summed E-state index contributed by atoms with van der Waals surface area (Å²) in [6, 6.07) is 9.78. The van der Waals surface area contributed by atoms with Crippen molar-refractivity contribution in [2.45, 2.75) is 26.6 Å². The van der Waals surface area contributed by atoms with Crippen molar-refractivity contribution in [3.05, 3.63) is 75.8 Å². The fraction of sp³-hybridized carbons (Fsp3) is 0.238. The van der Waals surface area contributed by atoms with Crippen molar-refractivity contribution in [3.63, 3.8) is 0 Å². The van der Waals surface area contributed by atoms with Gasteiger partial charge in [-0.3, -0.25) is 9.48 Å². The van der Waals surface area contributed by atoms with E-state index in [1.165, 1.54) is 41.1 Å². The van der Waals surface area contributed by atoms with Gasteiger partial charge in [-0.2, -0.15) is 18.3 Å². The van der Waals surface area contributed by atoms with Crippen LogP contribution in [0.3, 0.4) is 0 Å². The zero-order chi connectivity index (χ0) is 22.8. The number of rotatable bonds is 6. The standard InChI is InChI=1S/C21H18ClF4N3O2/c1-12-19(13(2)29(28-12)10-16-17(22)7-4-8-18(16)23)27-20(30)14-5-3-6-15(9-14)31-11-21(24,25)26/h3-9H,10-11H2,1-2H3,(H,27,30). The molecule has 0 saturated carbocycles. The summed E-state index contributed by atoms with van der Waals surface area (Å²) in [7, 11) is 0. The molecular formula is C21H18ClF4N3O2. The Hall–Kier alpha value is -3.07. The van der Waals surface area contributed by atoms with Gasteiger partial charge in [-0.1, -0.05) is 23.7 Å². The summed E-state index contributed by atoms with van der Waals surface area (Å²) in [5, 5.41) is 7.30. The lowest BCUT2D eigenvalue weighted by Crippen LogP contribution is -2.19. The molecule has 2 aromatic carbocycles. The number of amides is 1. The minimum absolute atomic E-state index is 0.0643. The fourth-order valence-corrected chi connectivity index (χ4v) is 3.17. The number of alkyl halides is 3. The SMILES string of the molecule is Cc1nn(Cc2c(F)cccc2Cl)c(C)c1NC(=O)c1cccc(OCC(F)(F)F)c1. The van der Waals surface area contributed by atoms with Gasteiger partial charge in [0, 0.05) is 16.1 Å². The van der Waals surface area contributed by atoms with Crippen molar-refractivity contribution in [3.8, 4) is 5.75 Å². The van der Waals surface area contributed by atoms with Crippen LogP contribution < -0.4 is 10.1 Å². The van der Waals surface area contributed by atoms with Gasteiger partial charge in [0.2, 0.25) is 0 Å². The van der Waals surface area contributed by atoms with E-state index in [1.54, 1.807) is 19.9 Å². The highest BCUT2D eigenvalue weighted by atomic mass is 35.5. The van der Waals surface area contributed by atoms with E-state index in [-0.39, 0.29) is 28.4 Å². The van der Waals surface area contributed by atoms with Gasteiger partial charge in [0.25, 0.3) is 5.91 Å². The quantitative estimate of drug-likeness (QED) is 0.497. The number of aromatic nitrogens is 2. The van der Waals surface area contributed by atoms with Crippen LogP contribution in [0.4, 0.5) is 23.2 Å². The van der Waals surface area contributed by atoms with E-state index in [1.807, 2.05) is 0 Å². The van der Waals surface area contributed by atoms with Gasteiger partial charge in [-0.05, 0) is 44.2 Å². The highest BCUT2D eigenvalue weighted by molar-refractivity contribution is 6.31. The predicted molar refractivity (Wildman–Crippen MR) is 108 cm³/mol. The summed E-state index contributed by atoms with van der Waals surface area (Å²) >= 11 is 6.08.